The van der Waals surface area contributed by atoms with Gasteiger partial charge in [0.1, 0.15) is 5.70 Å². The van der Waals surface area contributed by atoms with E-state index in [1.54, 1.807) is 6.92 Å². The highest BCUT2D eigenvalue weighted by Gasteiger charge is 2.36. The Morgan fingerprint density at radius 1 is 1.37 bits per heavy atom. The molecule has 1 aliphatic heterocycles. The van der Waals surface area contributed by atoms with Crippen molar-refractivity contribution >= 4 is 11.9 Å². The van der Waals surface area contributed by atoms with E-state index in [1.807, 2.05) is 0 Å². The van der Waals surface area contributed by atoms with Crippen molar-refractivity contribution in [2.24, 2.45) is 0 Å². The second-order valence-corrected chi connectivity index (χ2v) is 4.35. The third kappa shape index (κ3) is 4.84. The van der Waals surface area contributed by atoms with Crippen molar-refractivity contribution in [3.05, 3.63) is 11.8 Å². The number of halogens is 2. The van der Waals surface area contributed by atoms with Crippen LogP contribution in [0.3, 0.4) is 0 Å². The lowest BCUT2D eigenvalue weighted by Gasteiger charge is -2.33. The smallest absolute Gasteiger partial charge is 0.354 e. The highest BCUT2D eigenvalue weighted by atomic mass is 19.3. The molecule has 1 fully saturated rings. The number of aliphatic carboxylic acids is 1. The molecule has 1 saturated heterocycles. The Balaban J connectivity index is 2.76. The summed E-state index contributed by atoms with van der Waals surface area (Å²) in [5.41, 5.74) is -0.170. The van der Waals surface area contributed by atoms with E-state index in [4.69, 9.17) is 9.84 Å². The number of carbonyl (C=O) groups is 2. The summed E-state index contributed by atoms with van der Waals surface area (Å²) in [4.78, 5) is 23.8. The Morgan fingerprint density at radius 2 is 1.95 bits per heavy atom. The van der Waals surface area contributed by atoms with E-state index in [0.717, 1.165) is 0 Å². The van der Waals surface area contributed by atoms with Gasteiger partial charge in [0.25, 0.3) is 5.92 Å². The van der Waals surface area contributed by atoms with Gasteiger partial charge in [-0.3, -0.25) is 0 Å². The summed E-state index contributed by atoms with van der Waals surface area (Å²) in [6.45, 7) is 1.84. The van der Waals surface area contributed by atoms with Gasteiger partial charge < -0.3 is 14.7 Å². The minimum absolute atomic E-state index is 0.0622. The molecule has 0 saturated carbocycles. The molecular formula is C12H17F2NO4. The van der Waals surface area contributed by atoms with Crippen molar-refractivity contribution < 1.29 is 28.2 Å². The minimum Gasteiger partial charge on any atom is -0.478 e. The van der Waals surface area contributed by atoms with Crippen LogP contribution in [0.15, 0.2) is 11.8 Å². The highest BCUT2D eigenvalue weighted by Crippen LogP contribution is 2.29. The van der Waals surface area contributed by atoms with Gasteiger partial charge in [-0.25, -0.2) is 18.4 Å². The van der Waals surface area contributed by atoms with E-state index in [2.05, 4.69) is 0 Å². The molecule has 0 atom stereocenters. The van der Waals surface area contributed by atoms with Crippen LogP contribution < -0.4 is 0 Å². The SMILES string of the molecule is CCCOC(=O)/C(=C/C(=O)O)N1CCC(F)(F)CC1. The number of carboxylic acid groups (broad SMARTS) is 1. The average molecular weight is 277 g/mol. The van der Waals surface area contributed by atoms with Crippen LogP contribution in [-0.4, -0.2) is 47.6 Å². The first kappa shape index (κ1) is 15.4. The topological polar surface area (TPSA) is 66.8 Å². The summed E-state index contributed by atoms with van der Waals surface area (Å²) in [6.07, 6.45) is 0.516. The van der Waals surface area contributed by atoms with Crippen molar-refractivity contribution in [3.8, 4) is 0 Å². The molecule has 0 aromatic rings. The molecule has 0 unspecified atom stereocenters. The predicted octanol–water partition coefficient (Wildman–Crippen LogP) is 1.64. The van der Waals surface area contributed by atoms with Gasteiger partial charge in [-0.1, -0.05) is 6.92 Å². The molecule has 7 heteroatoms. The largest absolute Gasteiger partial charge is 0.478 e. The number of likely N-dealkylation sites (tertiary alicyclic amines) is 1. The Kier molecular flexibility index (Phi) is 5.26. The Morgan fingerprint density at radius 3 is 2.42 bits per heavy atom. The molecule has 1 rings (SSSR count). The van der Waals surface area contributed by atoms with E-state index in [1.165, 1.54) is 4.90 Å². The van der Waals surface area contributed by atoms with Crippen molar-refractivity contribution in [1.29, 1.82) is 0 Å². The molecule has 19 heavy (non-hydrogen) atoms. The number of ether oxygens (including phenoxy) is 1. The fourth-order valence-corrected chi connectivity index (χ4v) is 1.74. The Labute approximate surface area is 109 Å². The molecular weight excluding hydrogens is 260 g/mol. The third-order valence-electron chi connectivity index (χ3n) is 2.74. The first-order valence-electron chi connectivity index (χ1n) is 6.10. The summed E-state index contributed by atoms with van der Waals surface area (Å²) < 4.78 is 30.9. The molecule has 0 spiro atoms. The molecule has 0 bridgehead atoms. The Hall–Kier alpha value is -1.66. The summed E-state index contributed by atoms with van der Waals surface area (Å²) in [5, 5.41) is 8.73. The molecule has 0 aromatic carbocycles. The number of nitrogens with zero attached hydrogens (tertiary/aromatic N) is 1. The van der Waals surface area contributed by atoms with Gasteiger partial charge >= 0.3 is 11.9 Å². The molecule has 0 aliphatic carbocycles. The molecule has 0 radical (unpaired) electrons. The molecule has 5 nitrogen and oxygen atoms in total. The summed E-state index contributed by atoms with van der Waals surface area (Å²) >= 11 is 0. The second-order valence-electron chi connectivity index (χ2n) is 4.35. The number of hydrogen-bond acceptors (Lipinski definition) is 4. The maximum atomic E-state index is 13.0. The monoisotopic (exact) mass is 277 g/mol. The third-order valence-corrected chi connectivity index (χ3v) is 2.74. The lowest BCUT2D eigenvalue weighted by Crippen LogP contribution is -2.41. The number of carboxylic acids is 1. The van der Waals surface area contributed by atoms with Gasteiger partial charge in [-0.05, 0) is 6.42 Å². The highest BCUT2D eigenvalue weighted by molar-refractivity contribution is 5.95. The van der Waals surface area contributed by atoms with Crippen molar-refractivity contribution in [2.75, 3.05) is 19.7 Å². The van der Waals surface area contributed by atoms with Crippen LogP contribution in [0.25, 0.3) is 0 Å². The van der Waals surface area contributed by atoms with Crippen molar-refractivity contribution in [3.63, 3.8) is 0 Å². The van der Waals surface area contributed by atoms with Crippen molar-refractivity contribution in [2.45, 2.75) is 32.1 Å². The summed E-state index contributed by atoms with van der Waals surface area (Å²) in [6, 6.07) is 0. The fourth-order valence-electron chi connectivity index (χ4n) is 1.74. The maximum absolute atomic E-state index is 13.0. The average Bonchev–Trinajstić information content (AvgIpc) is 2.33. The molecule has 108 valence electrons. The maximum Gasteiger partial charge on any atom is 0.354 e. The van der Waals surface area contributed by atoms with Gasteiger partial charge in [-0.2, -0.15) is 0 Å². The number of carbonyl (C=O) groups excluding carboxylic acids is 1. The van der Waals surface area contributed by atoms with Crippen LogP contribution in [0.2, 0.25) is 0 Å². The lowest BCUT2D eigenvalue weighted by molar-refractivity contribution is -0.143. The zero-order valence-electron chi connectivity index (χ0n) is 10.7. The first-order valence-corrected chi connectivity index (χ1v) is 6.10. The molecule has 1 heterocycles. The van der Waals surface area contributed by atoms with Gasteiger partial charge in [0.15, 0.2) is 0 Å². The number of piperidine rings is 1. The summed E-state index contributed by atoms with van der Waals surface area (Å²) in [5.74, 6) is -4.84. The van der Waals surface area contributed by atoms with Gasteiger partial charge in [0, 0.05) is 25.9 Å². The number of hydrogen-bond donors (Lipinski definition) is 1. The number of alkyl halides is 2. The van der Waals surface area contributed by atoms with Crippen molar-refractivity contribution in [1.82, 2.24) is 4.90 Å². The van der Waals surface area contributed by atoms with E-state index < -0.39 is 30.7 Å². The zero-order valence-corrected chi connectivity index (χ0v) is 10.7. The first-order chi connectivity index (χ1) is 8.85. The van der Waals surface area contributed by atoms with Crippen LogP contribution in [0.1, 0.15) is 26.2 Å². The fraction of sp³-hybridized carbons (Fsp3) is 0.667. The molecule has 1 aliphatic rings. The predicted molar refractivity (Wildman–Crippen MR) is 62.7 cm³/mol. The lowest BCUT2D eigenvalue weighted by atomic mass is 10.1. The summed E-state index contributed by atoms with van der Waals surface area (Å²) in [7, 11) is 0. The van der Waals surface area contributed by atoms with E-state index in [0.29, 0.717) is 12.5 Å². The minimum atomic E-state index is -2.75. The van der Waals surface area contributed by atoms with Gasteiger partial charge in [0.05, 0.1) is 12.7 Å². The molecule has 0 aromatic heterocycles. The molecule has 1 N–H and O–H groups in total. The van der Waals surface area contributed by atoms with Crippen LogP contribution in [0.4, 0.5) is 8.78 Å². The quantitative estimate of drug-likeness (QED) is 0.611. The van der Waals surface area contributed by atoms with E-state index in [9.17, 15) is 18.4 Å². The zero-order chi connectivity index (χ0) is 14.5. The normalized spacial score (nSPS) is 19.1. The van der Waals surface area contributed by atoms with Crippen LogP contribution in [0, 0.1) is 0 Å². The number of esters is 1. The standard InChI is InChI=1S/C12H17F2NO4/c1-2-7-19-11(18)9(8-10(16)17)15-5-3-12(13,14)4-6-15/h8H,2-7H2,1H3,(H,16,17)/b9-8-. The molecule has 0 amide bonds. The van der Waals surface area contributed by atoms with Crippen LogP contribution >= 0.6 is 0 Å². The second kappa shape index (κ2) is 6.49. The van der Waals surface area contributed by atoms with E-state index >= 15 is 0 Å². The van der Waals surface area contributed by atoms with Crippen LogP contribution in [-0.2, 0) is 14.3 Å². The van der Waals surface area contributed by atoms with Gasteiger partial charge in [-0.15, -0.1) is 0 Å². The van der Waals surface area contributed by atoms with Crippen LogP contribution in [0.5, 0.6) is 0 Å². The van der Waals surface area contributed by atoms with Gasteiger partial charge in [0.2, 0.25) is 0 Å². The van der Waals surface area contributed by atoms with E-state index in [-0.39, 0.29) is 25.4 Å². The Bertz CT molecular complexity index is 372. The number of rotatable bonds is 5.